The van der Waals surface area contributed by atoms with Gasteiger partial charge in [-0.3, -0.25) is 4.79 Å². The van der Waals surface area contributed by atoms with Gasteiger partial charge in [-0.1, -0.05) is 13.8 Å². The molecule has 100 valence electrons. The van der Waals surface area contributed by atoms with Crippen LogP contribution >= 0.6 is 0 Å². The molecule has 5 heteroatoms. The Kier molecular flexibility index (Phi) is 5.09. The van der Waals surface area contributed by atoms with E-state index in [1.807, 2.05) is 13.8 Å². The van der Waals surface area contributed by atoms with Crippen LogP contribution in [-0.2, 0) is 4.79 Å². The topological polar surface area (TPSA) is 58.6 Å². The molecular weight excluding hydrogens is 237 g/mol. The Morgan fingerprint density at radius 2 is 2.17 bits per heavy atom. The Labute approximate surface area is 106 Å². The van der Waals surface area contributed by atoms with E-state index in [1.165, 1.54) is 25.3 Å². The lowest BCUT2D eigenvalue weighted by Crippen LogP contribution is -2.24. The minimum absolute atomic E-state index is 0.0223. The van der Waals surface area contributed by atoms with E-state index in [2.05, 4.69) is 5.32 Å². The molecule has 18 heavy (non-hydrogen) atoms. The summed E-state index contributed by atoms with van der Waals surface area (Å²) in [5.74, 6) is -0.534. The predicted molar refractivity (Wildman–Crippen MR) is 67.0 cm³/mol. The molecule has 2 N–H and O–H groups in total. The second-order valence-electron chi connectivity index (χ2n) is 4.41. The van der Waals surface area contributed by atoms with Crippen LogP contribution in [0.4, 0.5) is 10.1 Å². The highest BCUT2D eigenvalue weighted by Crippen LogP contribution is 2.21. The van der Waals surface area contributed by atoms with Crippen molar-refractivity contribution in [3.05, 3.63) is 24.0 Å². The first-order chi connectivity index (χ1) is 8.43. The SMILES string of the molecule is COc1ccc(F)c(NC(=O)CC(O)C(C)C)c1. The molecule has 0 fully saturated rings. The molecule has 1 aromatic rings. The molecule has 0 saturated carbocycles. The second kappa shape index (κ2) is 6.35. The van der Waals surface area contributed by atoms with Gasteiger partial charge in [0.25, 0.3) is 0 Å². The number of ether oxygens (including phenoxy) is 1. The molecule has 1 aromatic carbocycles. The first-order valence-electron chi connectivity index (χ1n) is 5.75. The summed E-state index contributed by atoms with van der Waals surface area (Å²) in [4.78, 5) is 11.6. The lowest BCUT2D eigenvalue weighted by Gasteiger charge is -2.14. The van der Waals surface area contributed by atoms with Crippen molar-refractivity contribution < 1.29 is 19.0 Å². The van der Waals surface area contributed by atoms with Gasteiger partial charge in [-0.2, -0.15) is 0 Å². The molecule has 0 spiro atoms. The molecule has 4 nitrogen and oxygen atoms in total. The largest absolute Gasteiger partial charge is 0.497 e. The number of benzene rings is 1. The van der Waals surface area contributed by atoms with Gasteiger partial charge in [-0.15, -0.1) is 0 Å². The lowest BCUT2D eigenvalue weighted by molar-refractivity contribution is -0.118. The number of hydrogen-bond acceptors (Lipinski definition) is 3. The third kappa shape index (κ3) is 4.00. The van der Waals surface area contributed by atoms with Crippen LogP contribution in [0, 0.1) is 11.7 Å². The van der Waals surface area contributed by atoms with E-state index < -0.39 is 17.8 Å². The van der Waals surface area contributed by atoms with Crippen molar-refractivity contribution in [1.29, 1.82) is 0 Å². The first-order valence-corrected chi connectivity index (χ1v) is 5.75. The van der Waals surface area contributed by atoms with Crippen molar-refractivity contribution in [2.75, 3.05) is 12.4 Å². The van der Waals surface area contributed by atoms with Gasteiger partial charge in [0.2, 0.25) is 5.91 Å². The van der Waals surface area contributed by atoms with E-state index in [0.29, 0.717) is 5.75 Å². The number of methoxy groups -OCH3 is 1. The van der Waals surface area contributed by atoms with Crippen molar-refractivity contribution in [3.63, 3.8) is 0 Å². The fourth-order valence-electron chi connectivity index (χ4n) is 1.35. The minimum Gasteiger partial charge on any atom is -0.497 e. The highest BCUT2D eigenvalue weighted by atomic mass is 19.1. The molecule has 1 amide bonds. The van der Waals surface area contributed by atoms with Crippen LogP contribution < -0.4 is 10.1 Å². The summed E-state index contributed by atoms with van der Waals surface area (Å²) in [7, 11) is 1.46. The number of anilines is 1. The second-order valence-corrected chi connectivity index (χ2v) is 4.41. The van der Waals surface area contributed by atoms with Crippen molar-refractivity contribution in [2.24, 2.45) is 5.92 Å². The third-order valence-electron chi connectivity index (χ3n) is 2.61. The maximum absolute atomic E-state index is 13.4. The van der Waals surface area contributed by atoms with Gasteiger partial charge in [0.1, 0.15) is 11.6 Å². The van der Waals surface area contributed by atoms with Crippen LogP contribution in [0.1, 0.15) is 20.3 Å². The molecule has 0 aliphatic heterocycles. The monoisotopic (exact) mass is 255 g/mol. The highest BCUT2D eigenvalue weighted by molar-refractivity contribution is 5.91. The number of halogens is 1. The number of carbonyl (C=O) groups is 1. The summed E-state index contributed by atoms with van der Waals surface area (Å²) in [5, 5.41) is 12.0. The number of carbonyl (C=O) groups excluding carboxylic acids is 1. The van der Waals surface area contributed by atoms with E-state index >= 15 is 0 Å². The van der Waals surface area contributed by atoms with Crippen molar-refractivity contribution in [1.82, 2.24) is 0 Å². The molecule has 0 heterocycles. The summed E-state index contributed by atoms with van der Waals surface area (Å²) in [5.41, 5.74) is 0.0512. The fourth-order valence-corrected chi connectivity index (χ4v) is 1.35. The van der Waals surface area contributed by atoms with E-state index in [9.17, 15) is 14.3 Å². The Hall–Kier alpha value is -1.62. The number of rotatable bonds is 5. The zero-order valence-corrected chi connectivity index (χ0v) is 10.7. The third-order valence-corrected chi connectivity index (χ3v) is 2.61. The van der Waals surface area contributed by atoms with Gasteiger partial charge in [-0.05, 0) is 18.1 Å². The van der Waals surface area contributed by atoms with Crippen LogP contribution in [-0.4, -0.2) is 24.2 Å². The number of aliphatic hydroxyl groups is 1. The van der Waals surface area contributed by atoms with Gasteiger partial charge in [0.15, 0.2) is 0 Å². The normalized spacial score (nSPS) is 12.3. The summed E-state index contributed by atoms with van der Waals surface area (Å²) < 4.78 is 18.4. The van der Waals surface area contributed by atoms with Crippen LogP contribution in [0.25, 0.3) is 0 Å². The number of nitrogens with one attached hydrogen (secondary N) is 1. The molecule has 0 aromatic heterocycles. The quantitative estimate of drug-likeness (QED) is 0.847. The zero-order valence-electron chi connectivity index (χ0n) is 10.7. The van der Waals surface area contributed by atoms with Gasteiger partial charge < -0.3 is 15.2 Å². The summed E-state index contributed by atoms with van der Waals surface area (Å²) in [6.07, 6.45) is -0.799. The van der Waals surface area contributed by atoms with Crippen LogP contribution in [0.15, 0.2) is 18.2 Å². The smallest absolute Gasteiger partial charge is 0.227 e. The van der Waals surface area contributed by atoms with Crippen LogP contribution in [0.2, 0.25) is 0 Å². The average molecular weight is 255 g/mol. The van der Waals surface area contributed by atoms with Gasteiger partial charge in [-0.25, -0.2) is 4.39 Å². The summed E-state index contributed by atoms with van der Waals surface area (Å²) >= 11 is 0. The Balaban J connectivity index is 2.69. The van der Waals surface area contributed by atoms with Gasteiger partial charge >= 0.3 is 0 Å². The lowest BCUT2D eigenvalue weighted by atomic mass is 10.0. The van der Waals surface area contributed by atoms with Gasteiger partial charge in [0, 0.05) is 6.07 Å². The highest BCUT2D eigenvalue weighted by Gasteiger charge is 2.15. The number of amides is 1. The average Bonchev–Trinajstić information content (AvgIpc) is 2.31. The van der Waals surface area contributed by atoms with Crippen LogP contribution in [0.5, 0.6) is 5.75 Å². The molecule has 0 bridgehead atoms. The Morgan fingerprint density at radius 3 is 2.72 bits per heavy atom. The Morgan fingerprint density at radius 1 is 1.50 bits per heavy atom. The summed E-state index contributed by atoms with van der Waals surface area (Å²) in [6, 6.07) is 4.08. The summed E-state index contributed by atoms with van der Waals surface area (Å²) in [6.45, 7) is 3.62. The van der Waals surface area contributed by atoms with E-state index in [1.54, 1.807) is 0 Å². The maximum Gasteiger partial charge on any atom is 0.227 e. The molecule has 1 rings (SSSR count). The molecule has 0 aliphatic carbocycles. The number of hydrogen-bond donors (Lipinski definition) is 2. The Bertz CT molecular complexity index is 421. The predicted octanol–water partition coefficient (Wildman–Crippen LogP) is 2.18. The van der Waals surface area contributed by atoms with Crippen molar-refractivity contribution in [2.45, 2.75) is 26.4 Å². The minimum atomic E-state index is -0.737. The van der Waals surface area contributed by atoms with Gasteiger partial charge in [0.05, 0.1) is 25.3 Å². The first kappa shape index (κ1) is 14.4. The number of aliphatic hydroxyl groups excluding tert-OH is 1. The molecular formula is C13H18FNO3. The standard InChI is InChI=1S/C13H18FNO3/c1-8(2)12(16)7-13(17)15-11-6-9(18-3)4-5-10(11)14/h4-6,8,12,16H,7H2,1-3H3,(H,15,17). The van der Waals surface area contributed by atoms with Crippen molar-refractivity contribution in [3.8, 4) is 5.75 Å². The molecule has 1 atom stereocenters. The van der Waals surface area contributed by atoms with E-state index in [-0.39, 0.29) is 18.0 Å². The van der Waals surface area contributed by atoms with Crippen molar-refractivity contribution >= 4 is 11.6 Å². The molecule has 0 radical (unpaired) electrons. The molecule has 0 aliphatic rings. The van der Waals surface area contributed by atoms with E-state index in [0.717, 1.165) is 0 Å². The fraction of sp³-hybridized carbons (Fsp3) is 0.462. The zero-order chi connectivity index (χ0) is 13.7. The molecule has 0 saturated heterocycles. The maximum atomic E-state index is 13.4. The van der Waals surface area contributed by atoms with Crippen LogP contribution in [0.3, 0.4) is 0 Å². The van der Waals surface area contributed by atoms with E-state index in [4.69, 9.17) is 4.74 Å². The molecule has 1 unspecified atom stereocenters.